The van der Waals surface area contributed by atoms with Crippen LogP contribution in [-0.4, -0.2) is 24.0 Å². The molecule has 1 amide bonds. The van der Waals surface area contributed by atoms with Gasteiger partial charge in [-0.05, 0) is 19.3 Å². The van der Waals surface area contributed by atoms with Gasteiger partial charge in [-0.15, -0.1) is 11.3 Å². The Morgan fingerprint density at radius 1 is 1.41 bits per heavy atom. The molecule has 0 radical (unpaired) electrons. The second-order valence-electron chi connectivity index (χ2n) is 6.07. The summed E-state index contributed by atoms with van der Waals surface area (Å²) in [6, 6.07) is -0.193. The Kier molecular flexibility index (Phi) is 5.94. The molecule has 22 heavy (non-hydrogen) atoms. The zero-order chi connectivity index (χ0) is 16.1. The highest BCUT2D eigenvalue weighted by Crippen LogP contribution is 2.30. The molecule has 1 fully saturated rings. The van der Waals surface area contributed by atoms with Crippen molar-refractivity contribution in [2.45, 2.75) is 52.0 Å². The van der Waals surface area contributed by atoms with Crippen LogP contribution in [0.2, 0.25) is 0 Å². The van der Waals surface area contributed by atoms with Gasteiger partial charge >= 0.3 is 5.97 Å². The maximum atomic E-state index is 12.3. The molecule has 1 aliphatic rings. The van der Waals surface area contributed by atoms with Crippen molar-refractivity contribution in [3.63, 3.8) is 0 Å². The van der Waals surface area contributed by atoms with E-state index in [1.807, 2.05) is 13.8 Å². The number of methoxy groups -OCH3 is 1. The van der Waals surface area contributed by atoms with Gasteiger partial charge in [0.05, 0.1) is 19.3 Å². The van der Waals surface area contributed by atoms with Gasteiger partial charge in [0, 0.05) is 5.92 Å². The average Bonchev–Trinajstić information content (AvgIpc) is 3.17. The zero-order valence-electron chi connectivity index (χ0n) is 13.4. The van der Waals surface area contributed by atoms with Crippen molar-refractivity contribution >= 4 is 23.2 Å². The van der Waals surface area contributed by atoms with E-state index in [1.54, 1.807) is 0 Å². The van der Waals surface area contributed by atoms with Gasteiger partial charge in [0.25, 0.3) is 0 Å². The van der Waals surface area contributed by atoms with Crippen LogP contribution in [0.1, 0.15) is 66.7 Å². The van der Waals surface area contributed by atoms with Crippen LogP contribution in [0.5, 0.6) is 0 Å². The zero-order valence-corrected chi connectivity index (χ0v) is 14.2. The molecule has 0 aliphatic heterocycles. The molecule has 0 aromatic carbocycles. The minimum atomic E-state index is -0.392. The second kappa shape index (κ2) is 7.72. The monoisotopic (exact) mass is 324 g/mol. The molecule has 1 heterocycles. The summed E-state index contributed by atoms with van der Waals surface area (Å²) in [7, 11) is 1.34. The fourth-order valence-corrected chi connectivity index (χ4v) is 3.79. The largest absolute Gasteiger partial charge is 0.465 e. The maximum Gasteiger partial charge on any atom is 0.349 e. The predicted octanol–water partition coefficient (Wildman–Crippen LogP) is 3.32. The lowest BCUT2D eigenvalue weighted by Crippen LogP contribution is -2.32. The van der Waals surface area contributed by atoms with E-state index < -0.39 is 5.97 Å². The molecule has 0 spiro atoms. The Bertz CT molecular complexity index is 523. The summed E-state index contributed by atoms with van der Waals surface area (Å²) in [6.07, 6.45) is 7.56. The van der Waals surface area contributed by atoms with Crippen LogP contribution in [0.15, 0.2) is 6.20 Å². The van der Waals surface area contributed by atoms with Gasteiger partial charge in [0.2, 0.25) is 5.91 Å². The number of ether oxygens (including phenoxy) is 1. The number of nitrogens with zero attached hydrogens (tertiary/aromatic N) is 1. The van der Waals surface area contributed by atoms with Gasteiger partial charge < -0.3 is 10.1 Å². The van der Waals surface area contributed by atoms with Crippen molar-refractivity contribution in [3.05, 3.63) is 16.1 Å². The third-order valence-corrected chi connectivity index (χ3v) is 5.41. The molecular formula is C16H24N2O3S. The fourth-order valence-electron chi connectivity index (χ4n) is 2.95. The van der Waals surface area contributed by atoms with Crippen LogP contribution in [0.25, 0.3) is 0 Å². The van der Waals surface area contributed by atoms with E-state index in [9.17, 15) is 9.59 Å². The first-order valence-electron chi connectivity index (χ1n) is 7.85. The molecule has 0 saturated heterocycles. The lowest BCUT2D eigenvalue weighted by Gasteiger charge is -2.18. The lowest BCUT2D eigenvalue weighted by molar-refractivity contribution is -0.125. The number of hydrogen-bond donors (Lipinski definition) is 1. The number of aromatic nitrogens is 1. The molecule has 1 aromatic rings. The third kappa shape index (κ3) is 4.29. The molecule has 6 heteroatoms. The van der Waals surface area contributed by atoms with Crippen molar-refractivity contribution in [1.82, 2.24) is 10.3 Å². The highest BCUT2D eigenvalue weighted by Gasteiger charge is 2.24. The van der Waals surface area contributed by atoms with Crippen molar-refractivity contribution in [1.29, 1.82) is 0 Å². The highest BCUT2D eigenvalue weighted by molar-refractivity contribution is 7.13. The first-order chi connectivity index (χ1) is 10.5. The molecule has 5 nitrogen and oxygen atoms in total. The Hall–Kier alpha value is -1.43. The summed E-state index contributed by atoms with van der Waals surface area (Å²) in [4.78, 5) is 28.4. The summed E-state index contributed by atoms with van der Waals surface area (Å²) in [5, 5.41) is 3.72. The van der Waals surface area contributed by atoms with Crippen LogP contribution in [-0.2, 0) is 9.53 Å². The van der Waals surface area contributed by atoms with Crippen LogP contribution in [0.4, 0.5) is 0 Å². The lowest BCUT2D eigenvalue weighted by atomic mass is 9.94. The Labute approximate surface area is 135 Å². The van der Waals surface area contributed by atoms with Gasteiger partial charge in [-0.2, -0.15) is 0 Å². The topological polar surface area (TPSA) is 68.3 Å². The van der Waals surface area contributed by atoms with Gasteiger partial charge in [-0.1, -0.05) is 32.6 Å². The molecule has 0 bridgehead atoms. The summed E-state index contributed by atoms with van der Waals surface area (Å²) >= 11 is 1.26. The quantitative estimate of drug-likeness (QED) is 0.815. The number of amides is 1. The van der Waals surface area contributed by atoms with Crippen LogP contribution < -0.4 is 5.32 Å². The number of carbonyl (C=O) groups excluding carboxylic acids is 2. The molecule has 1 aliphatic carbocycles. The summed E-state index contributed by atoms with van der Waals surface area (Å²) in [5.41, 5.74) is 0. The van der Waals surface area contributed by atoms with E-state index in [1.165, 1.54) is 50.3 Å². The van der Waals surface area contributed by atoms with E-state index in [0.29, 0.717) is 10.8 Å². The smallest absolute Gasteiger partial charge is 0.349 e. The average molecular weight is 324 g/mol. The number of thiazole rings is 1. The normalized spacial score (nSPS) is 18.0. The molecule has 2 rings (SSSR count). The molecule has 1 aromatic heterocycles. The van der Waals surface area contributed by atoms with Crippen LogP contribution >= 0.6 is 11.3 Å². The summed E-state index contributed by atoms with van der Waals surface area (Å²) in [6.45, 7) is 3.88. The van der Waals surface area contributed by atoms with E-state index in [4.69, 9.17) is 0 Å². The van der Waals surface area contributed by atoms with Gasteiger partial charge in [0.15, 0.2) is 0 Å². The first-order valence-corrected chi connectivity index (χ1v) is 8.67. The van der Waals surface area contributed by atoms with E-state index in [2.05, 4.69) is 15.0 Å². The van der Waals surface area contributed by atoms with Crippen molar-refractivity contribution < 1.29 is 14.3 Å². The summed E-state index contributed by atoms with van der Waals surface area (Å²) in [5.74, 6) is 0.388. The Balaban J connectivity index is 1.87. The minimum absolute atomic E-state index is 0.0191. The predicted molar refractivity (Wildman–Crippen MR) is 85.8 cm³/mol. The van der Waals surface area contributed by atoms with Gasteiger partial charge in [-0.3, -0.25) is 4.79 Å². The maximum absolute atomic E-state index is 12.3. The van der Waals surface area contributed by atoms with Crippen LogP contribution in [0.3, 0.4) is 0 Å². The third-order valence-electron chi connectivity index (χ3n) is 4.25. The first kappa shape index (κ1) is 16.9. The number of hydrogen-bond acceptors (Lipinski definition) is 5. The number of rotatable bonds is 6. The molecule has 122 valence electrons. The Morgan fingerprint density at radius 2 is 2.09 bits per heavy atom. The van der Waals surface area contributed by atoms with E-state index in [0.717, 1.165) is 11.4 Å². The molecule has 1 N–H and O–H groups in total. The standard InChI is InChI=1S/C16H24N2O3S/c1-10(8-12-6-4-5-7-12)14(19)18-11(2)15-17-9-13(22-15)16(20)21-3/h9-12H,4-8H2,1-3H3,(H,18,19)/t10-,11+/m1/s1. The molecule has 1 saturated carbocycles. The number of nitrogens with one attached hydrogen (secondary N) is 1. The summed E-state index contributed by atoms with van der Waals surface area (Å²) < 4.78 is 4.67. The van der Waals surface area contributed by atoms with Crippen molar-refractivity contribution in [3.8, 4) is 0 Å². The van der Waals surface area contributed by atoms with Crippen molar-refractivity contribution in [2.75, 3.05) is 7.11 Å². The van der Waals surface area contributed by atoms with E-state index in [-0.39, 0.29) is 17.9 Å². The number of carbonyl (C=O) groups is 2. The SMILES string of the molecule is COC(=O)c1cnc([C@H](C)NC(=O)[C@H](C)CC2CCCC2)s1. The fraction of sp³-hybridized carbons (Fsp3) is 0.688. The van der Waals surface area contributed by atoms with Gasteiger partial charge in [-0.25, -0.2) is 9.78 Å². The molecule has 2 atom stereocenters. The van der Waals surface area contributed by atoms with Crippen LogP contribution in [0, 0.1) is 11.8 Å². The van der Waals surface area contributed by atoms with E-state index >= 15 is 0 Å². The Morgan fingerprint density at radius 3 is 2.73 bits per heavy atom. The molecule has 0 unspecified atom stereocenters. The highest BCUT2D eigenvalue weighted by atomic mass is 32.1. The van der Waals surface area contributed by atoms with Gasteiger partial charge in [0.1, 0.15) is 9.88 Å². The minimum Gasteiger partial charge on any atom is -0.465 e. The second-order valence-corrected chi connectivity index (χ2v) is 7.13. The number of esters is 1. The molecular weight excluding hydrogens is 300 g/mol. The van der Waals surface area contributed by atoms with Crippen molar-refractivity contribution in [2.24, 2.45) is 11.8 Å².